The third-order valence-electron chi connectivity index (χ3n) is 3.14. The molecule has 0 heterocycles. The van der Waals surface area contributed by atoms with Gasteiger partial charge in [0.05, 0.1) is 12.5 Å². The number of alkyl halides is 1. The summed E-state index contributed by atoms with van der Waals surface area (Å²) in [6.45, 7) is 3.50. The van der Waals surface area contributed by atoms with Gasteiger partial charge in [0.2, 0.25) is 0 Å². The molecule has 1 nitrogen and oxygen atoms in total. The Hall–Kier alpha value is -1.54. The van der Waals surface area contributed by atoms with E-state index in [-0.39, 0.29) is 11.2 Å². The second-order valence-electron chi connectivity index (χ2n) is 4.61. The average Bonchev–Trinajstić information content (AvgIpc) is 2.43. The van der Waals surface area contributed by atoms with Gasteiger partial charge in [-0.3, -0.25) is 0 Å². The third kappa shape index (κ3) is 2.90. The van der Waals surface area contributed by atoms with Crippen molar-refractivity contribution in [1.29, 1.82) is 0 Å². The number of benzene rings is 2. The van der Waals surface area contributed by atoms with Crippen molar-refractivity contribution >= 4 is 11.6 Å². The summed E-state index contributed by atoms with van der Waals surface area (Å²) >= 11 is 6.48. The number of rotatable bonds is 3. The van der Waals surface area contributed by atoms with Gasteiger partial charge < -0.3 is 4.74 Å². The fourth-order valence-electron chi connectivity index (χ4n) is 2.12. The zero-order chi connectivity index (χ0) is 14.0. The van der Waals surface area contributed by atoms with E-state index in [1.165, 1.54) is 0 Å². The van der Waals surface area contributed by atoms with Crippen molar-refractivity contribution in [3.8, 4) is 5.75 Å². The second-order valence-corrected chi connectivity index (χ2v) is 5.04. The van der Waals surface area contributed by atoms with Crippen molar-refractivity contribution in [2.24, 2.45) is 0 Å². The van der Waals surface area contributed by atoms with Gasteiger partial charge in [-0.05, 0) is 48.2 Å². The van der Waals surface area contributed by atoms with Crippen LogP contribution in [0.25, 0.3) is 0 Å². The van der Waals surface area contributed by atoms with E-state index in [2.05, 4.69) is 0 Å². The topological polar surface area (TPSA) is 9.23 Å². The van der Waals surface area contributed by atoms with Crippen LogP contribution >= 0.6 is 11.6 Å². The van der Waals surface area contributed by atoms with Crippen molar-refractivity contribution in [2.75, 3.05) is 7.11 Å². The lowest BCUT2D eigenvalue weighted by molar-refractivity contribution is 0.414. The molecule has 0 fully saturated rings. The van der Waals surface area contributed by atoms with Crippen molar-refractivity contribution in [2.45, 2.75) is 19.2 Å². The van der Waals surface area contributed by atoms with Crippen LogP contribution in [0.4, 0.5) is 4.39 Å². The molecule has 0 N–H and O–H groups in total. The first-order chi connectivity index (χ1) is 9.02. The quantitative estimate of drug-likeness (QED) is 0.734. The fraction of sp³-hybridized carbons (Fsp3) is 0.250. The van der Waals surface area contributed by atoms with Gasteiger partial charge in [0.15, 0.2) is 0 Å². The van der Waals surface area contributed by atoms with Crippen LogP contribution in [0.1, 0.15) is 27.6 Å². The van der Waals surface area contributed by atoms with Gasteiger partial charge in [-0.25, -0.2) is 4.39 Å². The summed E-state index contributed by atoms with van der Waals surface area (Å²) in [6.07, 6.45) is 0. The Morgan fingerprint density at radius 2 is 1.68 bits per heavy atom. The number of methoxy groups -OCH3 is 1. The van der Waals surface area contributed by atoms with Crippen molar-refractivity contribution in [3.05, 3.63) is 64.5 Å². The summed E-state index contributed by atoms with van der Waals surface area (Å²) < 4.78 is 18.8. The van der Waals surface area contributed by atoms with Gasteiger partial charge >= 0.3 is 0 Å². The number of hydrogen-bond acceptors (Lipinski definition) is 1. The molecule has 2 aromatic carbocycles. The summed E-state index contributed by atoms with van der Waals surface area (Å²) in [4.78, 5) is 0. The number of halogens is 2. The van der Waals surface area contributed by atoms with Crippen LogP contribution in [0, 0.1) is 19.7 Å². The van der Waals surface area contributed by atoms with Gasteiger partial charge in [-0.15, -0.1) is 11.6 Å². The smallest absolute Gasteiger partial charge is 0.129 e. The van der Waals surface area contributed by atoms with Crippen LogP contribution in [0.5, 0.6) is 5.75 Å². The maximum Gasteiger partial charge on any atom is 0.129 e. The molecule has 0 aliphatic heterocycles. The van der Waals surface area contributed by atoms with Gasteiger partial charge in [0, 0.05) is 0 Å². The highest BCUT2D eigenvalue weighted by Gasteiger charge is 2.14. The summed E-state index contributed by atoms with van der Waals surface area (Å²) in [5.41, 5.74) is 3.06. The number of ether oxygens (including phenoxy) is 1. The first kappa shape index (κ1) is 13.9. The molecule has 0 spiro atoms. The molecule has 1 unspecified atom stereocenters. The molecular weight excluding hydrogens is 263 g/mol. The van der Waals surface area contributed by atoms with Crippen LogP contribution in [0.15, 0.2) is 36.4 Å². The highest BCUT2D eigenvalue weighted by molar-refractivity contribution is 6.22. The van der Waals surface area contributed by atoms with Crippen molar-refractivity contribution < 1.29 is 9.13 Å². The maximum absolute atomic E-state index is 13.6. The lowest BCUT2D eigenvalue weighted by Gasteiger charge is -2.14. The Bertz CT molecular complexity index is 572. The van der Waals surface area contributed by atoms with E-state index in [1.54, 1.807) is 33.1 Å². The Kier molecular flexibility index (Phi) is 4.11. The normalized spacial score (nSPS) is 12.3. The zero-order valence-electron chi connectivity index (χ0n) is 11.2. The van der Waals surface area contributed by atoms with Crippen molar-refractivity contribution in [3.63, 3.8) is 0 Å². The monoisotopic (exact) mass is 278 g/mol. The maximum atomic E-state index is 13.6. The molecule has 0 aliphatic rings. The molecule has 3 heteroatoms. The van der Waals surface area contributed by atoms with Gasteiger partial charge in [0.25, 0.3) is 0 Å². The first-order valence-corrected chi connectivity index (χ1v) is 6.51. The highest BCUT2D eigenvalue weighted by Crippen LogP contribution is 2.32. The van der Waals surface area contributed by atoms with Crippen LogP contribution in [-0.2, 0) is 0 Å². The SMILES string of the molecule is COc1cccc(C(Cl)c2cc(C)c(F)c(C)c2)c1. The van der Waals surface area contributed by atoms with E-state index in [0.29, 0.717) is 11.1 Å². The summed E-state index contributed by atoms with van der Waals surface area (Å²) in [5, 5.41) is -0.312. The van der Waals surface area contributed by atoms with E-state index in [9.17, 15) is 4.39 Å². The van der Waals surface area contributed by atoms with Crippen molar-refractivity contribution in [1.82, 2.24) is 0 Å². The molecule has 0 bridgehead atoms. The second kappa shape index (κ2) is 5.62. The fourth-order valence-corrected chi connectivity index (χ4v) is 2.38. The Balaban J connectivity index is 2.40. The summed E-state index contributed by atoms with van der Waals surface area (Å²) in [6, 6.07) is 11.2. The molecule has 0 amide bonds. The lowest BCUT2D eigenvalue weighted by Crippen LogP contribution is -1.98. The molecule has 2 aromatic rings. The zero-order valence-corrected chi connectivity index (χ0v) is 12.0. The highest BCUT2D eigenvalue weighted by atomic mass is 35.5. The van der Waals surface area contributed by atoms with Crippen LogP contribution in [0.2, 0.25) is 0 Å². The van der Waals surface area contributed by atoms with E-state index < -0.39 is 0 Å². The summed E-state index contributed by atoms with van der Waals surface area (Å²) in [7, 11) is 1.62. The molecule has 1 atom stereocenters. The third-order valence-corrected chi connectivity index (χ3v) is 3.64. The lowest BCUT2D eigenvalue weighted by atomic mass is 9.99. The number of aryl methyl sites for hydroxylation is 2. The predicted molar refractivity (Wildman–Crippen MR) is 76.6 cm³/mol. The molecular formula is C16H16ClFO. The Labute approximate surface area is 118 Å². The van der Waals surface area contributed by atoms with E-state index >= 15 is 0 Å². The molecule has 0 saturated heterocycles. The van der Waals surface area contributed by atoms with Gasteiger partial charge in [-0.2, -0.15) is 0 Å². The predicted octanol–water partition coefficient (Wildman–Crippen LogP) is 4.78. The molecule has 2 rings (SSSR count). The standard InChI is InChI=1S/C16H16ClFO/c1-10-7-13(8-11(2)16(10)18)15(17)12-5-4-6-14(9-12)19-3/h4-9,15H,1-3H3. The van der Waals surface area contributed by atoms with Gasteiger partial charge in [0.1, 0.15) is 11.6 Å². The Morgan fingerprint density at radius 3 is 2.26 bits per heavy atom. The van der Waals surface area contributed by atoms with Crippen LogP contribution < -0.4 is 4.74 Å². The van der Waals surface area contributed by atoms with Crippen LogP contribution in [0.3, 0.4) is 0 Å². The first-order valence-electron chi connectivity index (χ1n) is 6.07. The molecule has 0 aliphatic carbocycles. The van der Waals surface area contributed by atoms with E-state index in [1.807, 2.05) is 24.3 Å². The minimum absolute atomic E-state index is 0.168. The number of hydrogen-bond donors (Lipinski definition) is 0. The van der Waals surface area contributed by atoms with Crippen LogP contribution in [-0.4, -0.2) is 7.11 Å². The molecule has 19 heavy (non-hydrogen) atoms. The Morgan fingerprint density at radius 1 is 1.05 bits per heavy atom. The minimum atomic E-state index is -0.312. The molecule has 100 valence electrons. The summed E-state index contributed by atoms with van der Waals surface area (Å²) in [5.74, 6) is 0.594. The average molecular weight is 279 g/mol. The molecule has 0 radical (unpaired) electrons. The van der Waals surface area contributed by atoms with Gasteiger partial charge in [-0.1, -0.05) is 24.3 Å². The van der Waals surface area contributed by atoms with E-state index in [0.717, 1.165) is 16.9 Å². The molecule has 0 saturated carbocycles. The largest absolute Gasteiger partial charge is 0.497 e. The van der Waals surface area contributed by atoms with E-state index in [4.69, 9.17) is 16.3 Å². The molecule has 0 aromatic heterocycles. The minimum Gasteiger partial charge on any atom is -0.497 e.